The zero-order valence-corrected chi connectivity index (χ0v) is 15.2. The lowest BCUT2D eigenvalue weighted by Crippen LogP contribution is -2.32. The standard InChI is InChI=1S/C14H29NO2.C4H4O4/c1-2-3-10-15-11-13(16)12-17-14-8-6-4-5-7-9-14;5-3(6)1-2-4(7)8/h13-16H,2-12H2,1H3;1-2H,(H,5,6)(H,7,8)/b;2-1+. The number of unbranched alkanes of at least 4 members (excludes halogenated alkanes) is 1. The third-order valence-electron chi connectivity index (χ3n) is 3.78. The highest BCUT2D eigenvalue weighted by Crippen LogP contribution is 2.19. The van der Waals surface area contributed by atoms with Gasteiger partial charge in [-0.25, -0.2) is 9.59 Å². The maximum Gasteiger partial charge on any atom is 0.328 e. The van der Waals surface area contributed by atoms with E-state index in [1.165, 1.54) is 51.4 Å². The van der Waals surface area contributed by atoms with Crippen LogP contribution in [-0.2, 0) is 14.3 Å². The van der Waals surface area contributed by atoms with Crippen LogP contribution in [0.3, 0.4) is 0 Å². The first-order chi connectivity index (χ1) is 12.0. The number of hydrogen-bond donors (Lipinski definition) is 4. The Labute approximate surface area is 150 Å². The van der Waals surface area contributed by atoms with E-state index in [0.717, 1.165) is 6.54 Å². The lowest BCUT2D eigenvalue weighted by atomic mass is 10.1. The average molecular weight is 359 g/mol. The van der Waals surface area contributed by atoms with Gasteiger partial charge in [-0.15, -0.1) is 0 Å². The molecule has 1 unspecified atom stereocenters. The number of carboxylic acids is 2. The van der Waals surface area contributed by atoms with Crippen molar-refractivity contribution in [3.63, 3.8) is 0 Å². The van der Waals surface area contributed by atoms with Crippen LogP contribution in [0, 0.1) is 0 Å². The Bertz CT molecular complexity index is 362. The molecule has 0 amide bonds. The van der Waals surface area contributed by atoms with Crippen LogP contribution in [0.1, 0.15) is 58.3 Å². The quantitative estimate of drug-likeness (QED) is 0.268. The van der Waals surface area contributed by atoms with E-state index in [9.17, 15) is 14.7 Å². The van der Waals surface area contributed by atoms with Crippen molar-refractivity contribution >= 4 is 11.9 Å². The monoisotopic (exact) mass is 359 g/mol. The van der Waals surface area contributed by atoms with Crippen molar-refractivity contribution in [1.29, 1.82) is 0 Å². The predicted octanol–water partition coefficient (Wildman–Crippen LogP) is 2.19. The lowest BCUT2D eigenvalue weighted by Gasteiger charge is -2.18. The number of aliphatic hydroxyl groups excluding tert-OH is 1. The summed E-state index contributed by atoms with van der Waals surface area (Å²) in [5, 5.41) is 28.6. The molecule has 0 aromatic heterocycles. The van der Waals surface area contributed by atoms with E-state index in [1.54, 1.807) is 0 Å². The maximum absolute atomic E-state index is 9.76. The molecule has 1 fully saturated rings. The van der Waals surface area contributed by atoms with Crippen LogP contribution in [0.25, 0.3) is 0 Å². The minimum Gasteiger partial charge on any atom is -0.478 e. The molecule has 25 heavy (non-hydrogen) atoms. The van der Waals surface area contributed by atoms with Gasteiger partial charge in [0, 0.05) is 18.7 Å². The Balaban J connectivity index is 0.000000609. The van der Waals surface area contributed by atoms with Crippen molar-refractivity contribution in [2.45, 2.75) is 70.5 Å². The highest BCUT2D eigenvalue weighted by atomic mass is 16.5. The van der Waals surface area contributed by atoms with Gasteiger partial charge in [-0.05, 0) is 25.8 Å². The van der Waals surface area contributed by atoms with Gasteiger partial charge in [0.2, 0.25) is 0 Å². The number of rotatable bonds is 10. The summed E-state index contributed by atoms with van der Waals surface area (Å²) in [6, 6.07) is 0. The SMILES string of the molecule is CCCCNCC(O)COC1CCCCCC1.O=C(O)/C=C/C(=O)O. The van der Waals surface area contributed by atoms with Crippen LogP contribution in [0.15, 0.2) is 12.2 Å². The molecule has 0 heterocycles. The van der Waals surface area contributed by atoms with E-state index in [4.69, 9.17) is 14.9 Å². The number of hydrogen-bond acceptors (Lipinski definition) is 5. The summed E-state index contributed by atoms with van der Waals surface area (Å²) in [6.07, 6.45) is 11.2. The second-order valence-corrected chi connectivity index (χ2v) is 6.17. The van der Waals surface area contributed by atoms with Gasteiger partial charge in [0.05, 0.1) is 18.8 Å². The number of ether oxygens (including phenoxy) is 1. The first-order valence-corrected chi connectivity index (χ1v) is 9.10. The fourth-order valence-corrected chi connectivity index (χ4v) is 2.43. The number of aliphatic carboxylic acids is 2. The van der Waals surface area contributed by atoms with E-state index >= 15 is 0 Å². The number of carboxylic acid groups (broad SMARTS) is 2. The molecule has 1 saturated carbocycles. The van der Waals surface area contributed by atoms with Crippen molar-refractivity contribution in [2.75, 3.05) is 19.7 Å². The molecule has 0 bridgehead atoms. The zero-order valence-electron chi connectivity index (χ0n) is 15.2. The molecule has 1 aliphatic rings. The highest BCUT2D eigenvalue weighted by Gasteiger charge is 2.14. The molecule has 4 N–H and O–H groups in total. The summed E-state index contributed by atoms with van der Waals surface area (Å²) < 4.78 is 5.79. The molecular weight excluding hydrogens is 326 g/mol. The Kier molecular flexibility index (Phi) is 15.1. The molecule has 0 aromatic carbocycles. The van der Waals surface area contributed by atoms with E-state index in [1.807, 2.05) is 0 Å². The van der Waals surface area contributed by atoms with Crippen LogP contribution >= 0.6 is 0 Å². The first-order valence-electron chi connectivity index (χ1n) is 9.10. The molecule has 7 heteroatoms. The molecule has 1 atom stereocenters. The van der Waals surface area contributed by atoms with Gasteiger partial charge in [0.25, 0.3) is 0 Å². The van der Waals surface area contributed by atoms with Gasteiger partial charge in [-0.1, -0.05) is 39.0 Å². The smallest absolute Gasteiger partial charge is 0.328 e. The average Bonchev–Trinajstić information content (AvgIpc) is 2.84. The van der Waals surface area contributed by atoms with Crippen molar-refractivity contribution in [1.82, 2.24) is 5.32 Å². The van der Waals surface area contributed by atoms with Crippen LogP contribution < -0.4 is 5.32 Å². The number of aliphatic hydroxyl groups is 1. The van der Waals surface area contributed by atoms with Crippen molar-refractivity contribution < 1.29 is 29.6 Å². The summed E-state index contributed by atoms with van der Waals surface area (Å²) >= 11 is 0. The molecule has 146 valence electrons. The molecule has 0 spiro atoms. The van der Waals surface area contributed by atoms with Crippen LogP contribution in [0.4, 0.5) is 0 Å². The van der Waals surface area contributed by atoms with Gasteiger partial charge >= 0.3 is 11.9 Å². The van der Waals surface area contributed by atoms with E-state index in [2.05, 4.69) is 12.2 Å². The summed E-state index contributed by atoms with van der Waals surface area (Å²) in [6.45, 7) is 4.32. The number of carbonyl (C=O) groups is 2. The minimum atomic E-state index is -1.26. The molecular formula is C18H33NO6. The normalized spacial score (nSPS) is 16.7. The fourth-order valence-electron chi connectivity index (χ4n) is 2.43. The third-order valence-corrected chi connectivity index (χ3v) is 3.78. The Morgan fingerprint density at radius 3 is 2.16 bits per heavy atom. The molecule has 0 saturated heterocycles. The minimum absolute atomic E-state index is 0.352. The molecule has 1 aliphatic carbocycles. The molecule has 0 aromatic rings. The molecule has 0 aliphatic heterocycles. The second kappa shape index (κ2) is 16.1. The molecule has 0 radical (unpaired) electrons. The van der Waals surface area contributed by atoms with Crippen molar-refractivity contribution in [3.8, 4) is 0 Å². The highest BCUT2D eigenvalue weighted by molar-refractivity contribution is 5.89. The van der Waals surface area contributed by atoms with Crippen molar-refractivity contribution in [2.24, 2.45) is 0 Å². The summed E-state index contributed by atoms with van der Waals surface area (Å²) in [5.74, 6) is -2.51. The maximum atomic E-state index is 9.76. The molecule has 1 rings (SSSR count). The Morgan fingerprint density at radius 1 is 1.12 bits per heavy atom. The van der Waals surface area contributed by atoms with E-state index in [-0.39, 0.29) is 6.10 Å². The Hall–Kier alpha value is -1.44. The molecule has 7 nitrogen and oxygen atoms in total. The predicted molar refractivity (Wildman–Crippen MR) is 95.6 cm³/mol. The van der Waals surface area contributed by atoms with E-state index < -0.39 is 11.9 Å². The first kappa shape index (κ1) is 23.6. The topological polar surface area (TPSA) is 116 Å². The fraction of sp³-hybridized carbons (Fsp3) is 0.778. The third kappa shape index (κ3) is 17.2. The summed E-state index contributed by atoms with van der Waals surface area (Å²) in [4.78, 5) is 19.1. The van der Waals surface area contributed by atoms with Gasteiger partial charge in [0.15, 0.2) is 0 Å². The Morgan fingerprint density at radius 2 is 1.68 bits per heavy atom. The summed E-state index contributed by atoms with van der Waals surface area (Å²) in [5.41, 5.74) is 0. The van der Waals surface area contributed by atoms with E-state index in [0.29, 0.717) is 31.4 Å². The number of nitrogens with one attached hydrogen (secondary N) is 1. The van der Waals surface area contributed by atoms with Crippen LogP contribution in [0.5, 0.6) is 0 Å². The van der Waals surface area contributed by atoms with Gasteiger partial charge in [0.1, 0.15) is 0 Å². The van der Waals surface area contributed by atoms with Crippen LogP contribution in [-0.4, -0.2) is 59.2 Å². The van der Waals surface area contributed by atoms with Gasteiger partial charge in [-0.3, -0.25) is 0 Å². The van der Waals surface area contributed by atoms with Gasteiger partial charge in [-0.2, -0.15) is 0 Å². The van der Waals surface area contributed by atoms with Crippen molar-refractivity contribution in [3.05, 3.63) is 12.2 Å². The lowest BCUT2D eigenvalue weighted by molar-refractivity contribution is -0.134. The second-order valence-electron chi connectivity index (χ2n) is 6.17. The van der Waals surface area contributed by atoms with Gasteiger partial charge < -0.3 is 25.4 Å². The van der Waals surface area contributed by atoms with Crippen LogP contribution in [0.2, 0.25) is 0 Å². The largest absolute Gasteiger partial charge is 0.478 e. The summed E-state index contributed by atoms with van der Waals surface area (Å²) in [7, 11) is 0. The zero-order chi connectivity index (χ0) is 18.9.